The van der Waals surface area contributed by atoms with E-state index in [1.165, 1.54) is 17.3 Å². The molecule has 2 aromatic carbocycles. The van der Waals surface area contributed by atoms with Crippen LogP contribution in [0.1, 0.15) is 22.5 Å². The zero-order chi connectivity index (χ0) is 20.5. The van der Waals surface area contributed by atoms with Gasteiger partial charge in [0.05, 0.1) is 10.6 Å². The Labute approximate surface area is 179 Å². The highest BCUT2D eigenvalue weighted by Crippen LogP contribution is 2.30. The lowest BCUT2D eigenvalue weighted by Crippen LogP contribution is -2.19. The van der Waals surface area contributed by atoms with Crippen molar-refractivity contribution >= 4 is 46.2 Å². The second-order valence-electron chi connectivity index (χ2n) is 6.96. The van der Waals surface area contributed by atoms with Crippen molar-refractivity contribution in [3.8, 4) is 5.69 Å². The number of amides is 1. The molecule has 1 N–H and O–H groups in total. The molecule has 6 heteroatoms. The van der Waals surface area contributed by atoms with E-state index in [-0.39, 0.29) is 5.91 Å². The van der Waals surface area contributed by atoms with Crippen LogP contribution in [0.2, 0.25) is 5.02 Å². The van der Waals surface area contributed by atoms with E-state index in [4.69, 9.17) is 11.6 Å². The molecule has 0 atom stereocenters. The molecule has 0 saturated carbocycles. The van der Waals surface area contributed by atoms with Crippen molar-refractivity contribution in [3.05, 3.63) is 87.0 Å². The lowest BCUT2D eigenvalue weighted by molar-refractivity contribution is -0.115. The third-order valence-corrected chi connectivity index (χ3v) is 5.89. The van der Waals surface area contributed by atoms with Crippen molar-refractivity contribution in [1.29, 1.82) is 0 Å². The third kappa shape index (κ3) is 4.16. The monoisotopic (exact) mass is 421 g/mol. The summed E-state index contributed by atoms with van der Waals surface area (Å²) in [5.74, 6) is -0.136. The second kappa shape index (κ2) is 7.93. The molecule has 1 aromatic heterocycles. The van der Waals surface area contributed by atoms with Gasteiger partial charge in [-0.15, -0.1) is 0 Å². The zero-order valence-electron chi connectivity index (χ0n) is 16.4. The van der Waals surface area contributed by atoms with Gasteiger partial charge >= 0.3 is 0 Å². The molecule has 0 aliphatic carbocycles. The summed E-state index contributed by atoms with van der Waals surface area (Å²) >= 11 is 7.26. The Kier molecular flexibility index (Phi) is 5.35. The van der Waals surface area contributed by atoms with Gasteiger partial charge in [-0.2, -0.15) is 0 Å². The summed E-state index contributed by atoms with van der Waals surface area (Å²) in [6.45, 7) is 6.23. The van der Waals surface area contributed by atoms with Crippen LogP contribution in [0.4, 0.5) is 5.69 Å². The van der Waals surface area contributed by atoms with E-state index in [0.717, 1.165) is 28.3 Å². The maximum absolute atomic E-state index is 12.4. The van der Waals surface area contributed by atoms with E-state index >= 15 is 0 Å². The van der Waals surface area contributed by atoms with E-state index in [2.05, 4.69) is 66.0 Å². The number of aromatic nitrogens is 1. The van der Waals surface area contributed by atoms with Crippen LogP contribution in [0, 0.1) is 20.8 Å². The first-order chi connectivity index (χ1) is 13.9. The molecule has 0 spiro atoms. The molecule has 29 heavy (non-hydrogen) atoms. The average molecular weight is 422 g/mol. The number of aryl methyl sites for hydroxylation is 2. The number of rotatable bonds is 3. The number of benzene rings is 2. The molecular weight excluding hydrogens is 402 g/mol. The van der Waals surface area contributed by atoms with Crippen LogP contribution in [0.3, 0.4) is 0 Å². The summed E-state index contributed by atoms with van der Waals surface area (Å²) in [5, 5.41) is 4.05. The molecule has 4 rings (SSSR count). The number of amidine groups is 1. The van der Waals surface area contributed by atoms with E-state index in [1.807, 2.05) is 18.2 Å². The van der Waals surface area contributed by atoms with Crippen LogP contribution in [0.5, 0.6) is 0 Å². The molecule has 4 nitrogen and oxygen atoms in total. The highest BCUT2D eigenvalue weighted by Gasteiger charge is 2.24. The first-order valence-corrected chi connectivity index (χ1v) is 10.4. The fraction of sp³-hybridized carbons (Fsp3) is 0.130. The molecule has 0 unspecified atom stereocenters. The number of nitrogens with zero attached hydrogens (tertiary/aromatic N) is 2. The van der Waals surface area contributed by atoms with E-state index in [0.29, 0.717) is 15.1 Å². The van der Waals surface area contributed by atoms with Gasteiger partial charge in [-0.3, -0.25) is 4.79 Å². The predicted octanol–water partition coefficient (Wildman–Crippen LogP) is 5.95. The average Bonchev–Trinajstić information content (AvgIpc) is 3.16. The van der Waals surface area contributed by atoms with Crippen LogP contribution < -0.4 is 5.32 Å². The van der Waals surface area contributed by atoms with Crippen LogP contribution >= 0.6 is 23.4 Å². The highest BCUT2D eigenvalue weighted by molar-refractivity contribution is 8.18. The number of carbonyl (C=O) groups excluding carboxylic acids is 1. The van der Waals surface area contributed by atoms with Crippen molar-refractivity contribution in [2.45, 2.75) is 20.8 Å². The van der Waals surface area contributed by atoms with Gasteiger partial charge in [0.15, 0.2) is 5.17 Å². The normalized spacial score (nSPS) is 16.6. The van der Waals surface area contributed by atoms with Gasteiger partial charge in [0.2, 0.25) is 0 Å². The number of nitrogens with one attached hydrogen (secondary N) is 1. The highest BCUT2D eigenvalue weighted by atomic mass is 35.5. The topological polar surface area (TPSA) is 46.4 Å². The number of aliphatic imine (C=N–C) groups is 1. The van der Waals surface area contributed by atoms with Gasteiger partial charge in [-0.25, -0.2) is 4.99 Å². The van der Waals surface area contributed by atoms with Gasteiger partial charge in [0, 0.05) is 22.1 Å². The maximum atomic E-state index is 12.4. The Morgan fingerprint density at radius 3 is 2.55 bits per heavy atom. The number of halogens is 1. The SMILES string of the molecule is Cc1cccc(-n2c(C)cc(/C=C3\SC(=Nc4ccc(Cl)cc4)NC3=O)c2C)c1. The van der Waals surface area contributed by atoms with Gasteiger partial charge in [-0.1, -0.05) is 23.7 Å². The molecule has 0 radical (unpaired) electrons. The van der Waals surface area contributed by atoms with Gasteiger partial charge < -0.3 is 9.88 Å². The summed E-state index contributed by atoms with van der Waals surface area (Å²) in [7, 11) is 0. The summed E-state index contributed by atoms with van der Waals surface area (Å²) in [5.41, 5.74) is 6.32. The van der Waals surface area contributed by atoms with Crippen LogP contribution in [0.15, 0.2) is 64.5 Å². The fourth-order valence-electron chi connectivity index (χ4n) is 3.35. The lowest BCUT2D eigenvalue weighted by Gasteiger charge is -2.10. The molecule has 3 aromatic rings. The number of hydrogen-bond donors (Lipinski definition) is 1. The summed E-state index contributed by atoms with van der Waals surface area (Å²) in [6, 6.07) is 17.7. The largest absolute Gasteiger partial charge is 0.318 e. The molecule has 1 saturated heterocycles. The minimum atomic E-state index is -0.136. The van der Waals surface area contributed by atoms with E-state index < -0.39 is 0 Å². The summed E-state index contributed by atoms with van der Waals surface area (Å²) < 4.78 is 2.21. The van der Waals surface area contributed by atoms with Crippen molar-refractivity contribution in [2.75, 3.05) is 0 Å². The number of hydrogen-bond acceptors (Lipinski definition) is 3. The second-order valence-corrected chi connectivity index (χ2v) is 8.43. The lowest BCUT2D eigenvalue weighted by atomic mass is 10.2. The van der Waals surface area contributed by atoms with Gasteiger partial charge in [0.25, 0.3) is 5.91 Å². The predicted molar refractivity (Wildman–Crippen MR) is 122 cm³/mol. The minimum absolute atomic E-state index is 0.136. The molecule has 1 aliphatic rings. The molecule has 2 heterocycles. The Morgan fingerprint density at radius 1 is 1.07 bits per heavy atom. The zero-order valence-corrected chi connectivity index (χ0v) is 17.9. The first-order valence-electron chi connectivity index (χ1n) is 9.22. The molecule has 1 fully saturated rings. The van der Waals surface area contributed by atoms with Crippen molar-refractivity contribution in [2.24, 2.45) is 4.99 Å². The maximum Gasteiger partial charge on any atom is 0.264 e. The van der Waals surface area contributed by atoms with Crippen molar-refractivity contribution in [3.63, 3.8) is 0 Å². The van der Waals surface area contributed by atoms with Gasteiger partial charge in [-0.05, 0) is 92.2 Å². The molecule has 1 amide bonds. The fourth-order valence-corrected chi connectivity index (χ4v) is 4.31. The molecule has 1 aliphatic heterocycles. The molecular formula is C23H20ClN3OS. The third-order valence-electron chi connectivity index (χ3n) is 4.72. The van der Waals surface area contributed by atoms with Gasteiger partial charge in [0.1, 0.15) is 0 Å². The Bertz CT molecular complexity index is 1160. The smallest absolute Gasteiger partial charge is 0.264 e. The number of carbonyl (C=O) groups is 1. The standard InChI is InChI=1S/C23H20ClN3OS/c1-14-5-4-6-20(11-14)27-15(2)12-17(16(27)3)13-21-22(28)26-23(29-21)25-19-9-7-18(24)8-10-19/h4-13H,1-3H3,(H,25,26,28)/b21-13-. The molecule has 0 bridgehead atoms. The summed E-state index contributed by atoms with van der Waals surface area (Å²) in [6.07, 6.45) is 1.93. The number of thioether (sulfide) groups is 1. The van der Waals surface area contributed by atoms with E-state index in [9.17, 15) is 4.79 Å². The summed E-state index contributed by atoms with van der Waals surface area (Å²) in [4.78, 5) is 17.6. The minimum Gasteiger partial charge on any atom is -0.318 e. The Hall–Kier alpha value is -2.76. The van der Waals surface area contributed by atoms with Crippen LogP contribution in [0.25, 0.3) is 11.8 Å². The Morgan fingerprint density at radius 2 is 1.83 bits per heavy atom. The first kappa shape index (κ1) is 19.6. The quantitative estimate of drug-likeness (QED) is 0.531. The molecule has 146 valence electrons. The van der Waals surface area contributed by atoms with Crippen LogP contribution in [-0.4, -0.2) is 15.6 Å². The van der Waals surface area contributed by atoms with Crippen molar-refractivity contribution < 1.29 is 4.79 Å². The van der Waals surface area contributed by atoms with Crippen molar-refractivity contribution in [1.82, 2.24) is 9.88 Å². The Balaban J connectivity index is 1.64. The van der Waals surface area contributed by atoms with Crippen LogP contribution in [-0.2, 0) is 4.79 Å². The van der Waals surface area contributed by atoms with E-state index in [1.54, 1.807) is 12.1 Å².